The maximum atomic E-state index is 12.7. The van der Waals surface area contributed by atoms with Gasteiger partial charge in [0, 0.05) is 12.8 Å². The van der Waals surface area contributed by atoms with Crippen molar-refractivity contribution < 1.29 is 66.7 Å². The molecule has 0 saturated carbocycles. The van der Waals surface area contributed by atoms with E-state index in [2.05, 4.69) is 77.6 Å². The fourth-order valence-corrected chi connectivity index (χ4v) is 6.61. The van der Waals surface area contributed by atoms with Crippen LogP contribution in [-0.2, 0) is 41.8 Å². The molecule has 0 aliphatic carbocycles. The van der Waals surface area contributed by atoms with Crippen LogP contribution in [0.5, 0.6) is 0 Å². The molecule has 0 spiro atoms. The van der Waals surface area contributed by atoms with E-state index in [1.165, 1.54) is 44.6 Å². The Balaban J connectivity index is 4.76. The summed E-state index contributed by atoms with van der Waals surface area (Å²) >= 11 is 0. The second-order valence-electron chi connectivity index (χ2n) is 14.8. The van der Waals surface area contributed by atoms with Gasteiger partial charge in [-0.1, -0.05) is 150 Å². The first-order chi connectivity index (χ1) is 29.8. The van der Waals surface area contributed by atoms with Crippen LogP contribution in [0.25, 0.3) is 0 Å². The second kappa shape index (κ2) is 41.0. The molecule has 0 bridgehead atoms. The number of hydrogen-bond acceptors (Lipinski definition) is 11. The molecule has 2 unspecified atom stereocenters. The number of aliphatic hydroxyl groups excluding tert-OH is 2. The minimum absolute atomic E-state index is 0.0137. The van der Waals surface area contributed by atoms with Crippen molar-refractivity contribution in [2.45, 2.75) is 167 Å². The van der Waals surface area contributed by atoms with Crippen molar-refractivity contribution in [1.29, 1.82) is 0 Å². The van der Waals surface area contributed by atoms with Gasteiger partial charge < -0.3 is 34.4 Å². The molecule has 62 heavy (non-hydrogen) atoms. The van der Waals surface area contributed by atoms with Crippen molar-refractivity contribution in [3.05, 3.63) is 85.1 Å². The Morgan fingerprint density at radius 2 is 1.06 bits per heavy atom. The maximum Gasteiger partial charge on any atom is 0.472 e. The van der Waals surface area contributed by atoms with Gasteiger partial charge >= 0.3 is 27.6 Å². The number of esters is 2. The molecule has 0 radical (unpaired) electrons. The van der Waals surface area contributed by atoms with Crippen LogP contribution in [0.2, 0.25) is 0 Å². The molecule has 0 aliphatic heterocycles. The van der Waals surface area contributed by atoms with Crippen LogP contribution in [0.15, 0.2) is 85.1 Å². The van der Waals surface area contributed by atoms with Crippen LogP contribution >= 0.6 is 15.6 Å². The summed E-state index contributed by atoms with van der Waals surface area (Å²) in [6.07, 6.45) is 43.3. The van der Waals surface area contributed by atoms with E-state index in [9.17, 15) is 33.8 Å². The summed E-state index contributed by atoms with van der Waals surface area (Å²) in [4.78, 5) is 52.7. The minimum Gasteiger partial charge on any atom is -0.462 e. The molecule has 16 heteroatoms. The fourth-order valence-electron chi connectivity index (χ4n) is 5.45. The molecule has 14 nitrogen and oxygen atoms in total. The van der Waals surface area contributed by atoms with Gasteiger partial charge in [0.1, 0.15) is 12.7 Å². The molecule has 0 saturated heterocycles. The van der Waals surface area contributed by atoms with Gasteiger partial charge in [-0.25, -0.2) is 9.13 Å². The Bertz CT molecular complexity index is 1430. The zero-order valence-corrected chi connectivity index (χ0v) is 39.1. The highest BCUT2D eigenvalue weighted by atomic mass is 31.2. The highest BCUT2D eigenvalue weighted by Gasteiger charge is 2.28. The lowest BCUT2D eigenvalue weighted by atomic mass is 10.1. The predicted octanol–water partition coefficient (Wildman–Crippen LogP) is 10.5. The number of phosphoric ester groups is 2. The number of unbranched alkanes of at least 4 members (excludes halogenated alkanes) is 11. The van der Waals surface area contributed by atoms with Gasteiger partial charge in [-0.2, -0.15) is 0 Å². The molecule has 0 aromatic carbocycles. The van der Waals surface area contributed by atoms with Gasteiger partial charge in [0.2, 0.25) is 0 Å². The smallest absolute Gasteiger partial charge is 0.462 e. The summed E-state index contributed by atoms with van der Waals surface area (Å²) in [6.45, 7) is 1.35. The van der Waals surface area contributed by atoms with Crippen molar-refractivity contribution in [2.24, 2.45) is 0 Å². The molecule has 0 amide bonds. The van der Waals surface area contributed by atoms with E-state index in [1.807, 2.05) is 12.2 Å². The van der Waals surface area contributed by atoms with Crippen LogP contribution in [-0.4, -0.2) is 81.6 Å². The summed E-state index contributed by atoms with van der Waals surface area (Å²) in [5, 5.41) is 20.1. The number of hydrogen-bond donors (Lipinski definition) is 5. The first kappa shape index (κ1) is 59.3. The lowest BCUT2D eigenvalue weighted by Gasteiger charge is -2.20. The standard InChI is InChI=1S/C46H78O14P2/c1-3-5-7-9-11-13-15-17-19-21-22-24-26-28-30-32-34-42(47)36-37-46(50)60-44(41-59-62(54,55)58-39-43(48)38-57-61(51,52)53)40-56-45(49)35-33-31-29-27-25-23-20-18-16-14-12-10-8-6-4-2/h5,7,11,13-14,16-17,19,22,24,28,30,32,34,42-44,47-48H,3-4,6,8-10,12,15,18,20-21,23,25-27,29,31,33,35-41H2,1-2H3,(H,54,55)(H2,51,52,53)/b7-5-,13-11-,16-14-,19-17-,24-22-,30-28-,34-32-/t42?,43-,44+/m0/s1. The molecular formula is C46H78O14P2. The fraction of sp³-hybridized carbons (Fsp3) is 0.652. The molecular weight excluding hydrogens is 838 g/mol. The lowest BCUT2D eigenvalue weighted by molar-refractivity contribution is -0.161. The topological polar surface area (TPSA) is 216 Å². The van der Waals surface area contributed by atoms with E-state index in [0.717, 1.165) is 64.2 Å². The number of phosphoric acid groups is 2. The van der Waals surface area contributed by atoms with Crippen LogP contribution in [0, 0.1) is 0 Å². The lowest BCUT2D eigenvalue weighted by Crippen LogP contribution is -2.30. The van der Waals surface area contributed by atoms with Crippen molar-refractivity contribution in [3.63, 3.8) is 0 Å². The molecule has 0 aromatic rings. The SMILES string of the molecule is CC/C=C\C/C=C\C/C=C\C/C=C\C/C=C\C=C/C(O)CCC(=O)O[C@H](COC(=O)CCCCCCCCC/C=C\CCCCCC)COP(=O)(O)OC[C@@H](O)COP(=O)(O)O. The zero-order valence-electron chi connectivity index (χ0n) is 37.3. The van der Waals surface area contributed by atoms with Gasteiger partial charge in [-0.15, -0.1) is 0 Å². The molecule has 0 rings (SSSR count). The molecule has 0 fully saturated rings. The van der Waals surface area contributed by atoms with Gasteiger partial charge in [-0.3, -0.25) is 23.2 Å². The molecule has 0 heterocycles. The van der Waals surface area contributed by atoms with Gasteiger partial charge in [0.05, 0.1) is 25.9 Å². The normalized spacial score (nSPS) is 15.3. The first-order valence-electron chi connectivity index (χ1n) is 22.4. The minimum atomic E-state index is -4.89. The number of carbonyl (C=O) groups is 2. The predicted molar refractivity (Wildman–Crippen MR) is 245 cm³/mol. The molecule has 0 aromatic heterocycles. The summed E-state index contributed by atoms with van der Waals surface area (Å²) in [6, 6.07) is 0. The van der Waals surface area contributed by atoms with Crippen LogP contribution in [0.1, 0.15) is 149 Å². The summed E-state index contributed by atoms with van der Waals surface area (Å²) in [5.74, 6) is -1.33. The van der Waals surface area contributed by atoms with Gasteiger partial charge in [0.15, 0.2) is 6.10 Å². The average molecular weight is 917 g/mol. The number of rotatable bonds is 41. The Morgan fingerprint density at radius 3 is 1.65 bits per heavy atom. The van der Waals surface area contributed by atoms with Crippen LogP contribution in [0.3, 0.4) is 0 Å². The third-order valence-electron chi connectivity index (χ3n) is 8.88. The molecule has 356 valence electrons. The van der Waals surface area contributed by atoms with E-state index < -0.39 is 72.3 Å². The summed E-state index contributed by atoms with van der Waals surface area (Å²) in [5.41, 5.74) is 0. The van der Waals surface area contributed by atoms with Crippen molar-refractivity contribution in [3.8, 4) is 0 Å². The maximum absolute atomic E-state index is 12.7. The van der Waals surface area contributed by atoms with Gasteiger partial charge in [-0.05, 0) is 70.6 Å². The Labute approximate surface area is 371 Å². The highest BCUT2D eigenvalue weighted by Crippen LogP contribution is 2.43. The van der Waals surface area contributed by atoms with Crippen molar-refractivity contribution in [2.75, 3.05) is 26.4 Å². The quantitative estimate of drug-likeness (QED) is 0.0127. The monoisotopic (exact) mass is 916 g/mol. The van der Waals surface area contributed by atoms with E-state index >= 15 is 0 Å². The summed E-state index contributed by atoms with van der Waals surface area (Å²) in [7, 11) is -9.77. The molecule has 4 atom stereocenters. The van der Waals surface area contributed by atoms with Crippen molar-refractivity contribution >= 4 is 27.6 Å². The molecule has 0 aliphatic rings. The number of aliphatic hydroxyl groups is 2. The second-order valence-corrected chi connectivity index (χ2v) is 17.5. The third-order valence-corrected chi connectivity index (χ3v) is 10.3. The average Bonchev–Trinajstić information content (AvgIpc) is 3.23. The highest BCUT2D eigenvalue weighted by molar-refractivity contribution is 7.47. The van der Waals surface area contributed by atoms with E-state index in [4.69, 9.17) is 23.8 Å². The number of carbonyl (C=O) groups excluding carboxylic acids is 2. The largest absolute Gasteiger partial charge is 0.472 e. The van der Waals surface area contributed by atoms with Crippen molar-refractivity contribution in [1.82, 2.24) is 0 Å². The molecule has 5 N–H and O–H groups in total. The van der Waals surface area contributed by atoms with Crippen LogP contribution < -0.4 is 0 Å². The van der Waals surface area contributed by atoms with E-state index in [-0.39, 0.29) is 19.3 Å². The Morgan fingerprint density at radius 1 is 0.548 bits per heavy atom. The van der Waals surface area contributed by atoms with E-state index in [0.29, 0.717) is 12.8 Å². The van der Waals surface area contributed by atoms with Crippen LogP contribution in [0.4, 0.5) is 0 Å². The summed E-state index contributed by atoms with van der Waals surface area (Å²) < 4.78 is 47.6. The first-order valence-corrected chi connectivity index (χ1v) is 25.4. The van der Waals surface area contributed by atoms with E-state index in [1.54, 1.807) is 12.2 Å². The number of allylic oxidation sites excluding steroid dienone is 13. The Hall–Kier alpha value is -2.74. The third kappa shape index (κ3) is 43.9. The Kier molecular flexibility index (Phi) is 39.2. The van der Waals surface area contributed by atoms with Gasteiger partial charge in [0.25, 0.3) is 0 Å². The zero-order chi connectivity index (χ0) is 46.0. The number of ether oxygens (including phenoxy) is 2.